The van der Waals surface area contributed by atoms with Gasteiger partial charge in [-0.2, -0.15) is 0 Å². The zero-order chi connectivity index (χ0) is 11.4. The maximum atomic E-state index is 5.41. The number of morpholine rings is 1. The first kappa shape index (κ1) is 11.5. The van der Waals surface area contributed by atoms with Crippen molar-refractivity contribution in [3.05, 3.63) is 23.8 Å². The Hall–Kier alpha value is -1.00. The van der Waals surface area contributed by atoms with Gasteiger partial charge in [0.05, 0.1) is 19.3 Å². The highest BCUT2D eigenvalue weighted by Gasteiger charge is 2.18. The molecule has 1 N–H and O–H groups in total. The summed E-state index contributed by atoms with van der Waals surface area (Å²) < 4.78 is 5.41. The molecule has 1 atom stereocenters. The van der Waals surface area contributed by atoms with E-state index in [1.807, 2.05) is 12.3 Å². The van der Waals surface area contributed by atoms with Crippen molar-refractivity contribution in [2.24, 2.45) is 5.92 Å². The first-order valence-corrected chi connectivity index (χ1v) is 5.88. The highest BCUT2D eigenvalue weighted by Crippen LogP contribution is 2.12. The van der Waals surface area contributed by atoms with Crippen molar-refractivity contribution in [3.8, 4) is 0 Å². The average Bonchev–Trinajstić information content (AvgIpc) is 2.30. The van der Waals surface area contributed by atoms with Gasteiger partial charge in [-0.05, 0) is 18.4 Å². The van der Waals surface area contributed by atoms with E-state index >= 15 is 0 Å². The van der Waals surface area contributed by atoms with E-state index in [0.717, 1.165) is 31.1 Å². The molecule has 88 valence electrons. The Morgan fingerprint density at radius 2 is 2.44 bits per heavy atom. The monoisotopic (exact) mass is 221 g/mol. The summed E-state index contributed by atoms with van der Waals surface area (Å²) in [6, 6.07) is 2.15. The second-order valence-electron chi connectivity index (χ2n) is 4.59. The number of ether oxygens (including phenoxy) is 1. The van der Waals surface area contributed by atoms with E-state index in [2.05, 4.69) is 29.1 Å². The molecule has 0 aromatic carbocycles. The van der Waals surface area contributed by atoms with Crippen molar-refractivity contribution in [2.75, 3.05) is 19.8 Å². The van der Waals surface area contributed by atoms with Gasteiger partial charge in [-0.1, -0.05) is 13.8 Å². The Morgan fingerprint density at radius 1 is 1.56 bits per heavy atom. The van der Waals surface area contributed by atoms with Gasteiger partial charge in [-0.15, -0.1) is 0 Å². The van der Waals surface area contributed by atoms with Crippen molar-refractivity contribution in [3.63, 3.8) is 0 Å². The van der Waals surface area contributed by atoms with Crippen LogP contribution in [0.2, 0.25) is 0 Å². The molecule has 0 aliphatic carbocycles. The normalized spacial score (nSPS) is 21.3. The third-order valence-electron chi connectivity index (χ3n) is 2.58. The zero-order valence-corrected chi connectivity index (χ0v) is 9.94. The van der Waals surface area contributed by atoms with Crippen molar-refractivity contribution >= 4 is 0 Å². The van der Waals surface area contributed by atoms with Crippen molar-refractivity contribution in [1.82, 2.24) is 15.3 Å². The minimum atomic E-state index is 0.154. The lowest BCUT2D eigenvalue weighted by molar-refractivity contribution is 0.0741. The summed E-state index contributed by atoms with van der Waals surface area (Å²) in [5.74, 6) is 1.48. The van der Waals surface area contributed by atoms with Crippen LogP contribution in [0.5, 0.6) is 0 Å². The first-order valence-electron chi connectivity index (χ1n) is 5.88. The molecule has 1 aliphatic heterocycles. The molecule has 0 amide bonds. The van der Waals surface area contributed by atoms with Crippen LogP contribution in [-0.4, -0.2) is 29.7 Å². The molecule has 1 aromatic rings. The van der Waals surface area contributed by atoms with Gasteiger partial charge in [0.25, 0.3) is 0 Å². The molecule has 0 saturated carbocycles. The Kier molecular flexibility index (Phi) is 3.85. The summed E-state index contributed by atoms with van der Waals surface area (Å²) in [7, 11) is 0. The highest BCUT2D eigenvalue weighted by molar-refractivity contribution is 5.06. The number of nitrogens with zero attached hydrogens (tertiary/aromatic N) is 2. The van der Waals surface area contributed by atoms with Gasteiger partial charge in [-0.25, -0.2) is 9.97 Å². The van der Waals surface area contributed by atoms with Gasteiger partial charge in [0, 0.05) is 18.4 Å². The van der Waals surface area contributed by atoms with E-state index < -0.39 is 0 Å². The molecule has 16 heavy (non-hydrogen) atoms. The second-order valence-corrected chi connectivity index (χ2v) is 4.59. The van der Waals surface area contributed by atoms with Crippen LogP contribution in [0.4, 0.5) is 0 Å². The van der Waals surface area contributed by atoms with Crippen molar-refractivity contribution < 1.29 is 4.74 Å². The van der Waals surface area contributed by atoms with E-state index in [1.54, 1.807) is 0 Å². The molecule has 0 spiro atoms. The van der Waals surface area contributed by atoms with E-state index in [4.69, 9.17) is 4.74 Å². The summed E-state index contributed by atoms with van der Waals surface area (Å²) in [6.07, 6.45) is 2.85. The quantitative estimate of drug-likeness (QED) is 0.836. The number of nitrogens with one attached hydrogen (secondary N) is 1. The fraction of sp³-hybridized carbons (Fsp3) is 0.667. The maximum absolute atomic E-state index is 5.41. The molecule has 1 unspecified atom stereocenters. The van der Waals surface area contributed by atoms with Crippen LogP contribution in [0.3, 0.4) is 0 Å². The van der Waals surface area contributed by atoms with Crippen LogP contribution in [0, 0.1) is 5.92 Å². The third kappa shape index (κ3) is 3.00. The lowest BCUT2D eigenvalue weighted by atomic mass is 10.1. The molecule has 1 aromatic heterocycles. The number of hydrogen-bond acceptors (Lipinski definition) is 4. The van der Waals surface area contributed by atoms with Crippen LogP contribution in [0.1, 0.15) is 31.4 Å². The lowest BCUT2D eigenvalue weighted by Crippen LogP contribution is -2.35. The van der Waals surface area contributed by atoms with E-state index in [-0.39, 0.29) is 6.04 Å². The molecular weight excluding hydrogens is 202 g/mol. The second kappa shape index (κ2) is 5.37. The Morgan fingerprint density at radius 3 is 3.12 bits per heavy atom. The van der Waals surface area contributed by atoms with Gasteiger partial charge >= 0.3 is 0 Å². The molecule has 1 saturated heterocycles. The molecule has 1 fully saturated rings. The summed E-state index contributed by atoms with van der Waals surface area (Å²) in [5.41, 5.74) is 1.12. The minimum absolute atomic E-state index is 0.154. The number of aromatic nitrogens is 2. The number of rotatable bonds is 3. The van der Waals surface area contributed by atoms with Crippen molar-refractivity contribution in [2.45, 2.75) is 26.3 Å². The minimum Gasteiger partial charge on any atom is -0.378 e. The zero-order valence-electron chi connectivity index (χ0n) is 9.94. The van der Waals surface area contributed by atoms with Crippen molar-refractivity contribution in [1.29, 1.82) is 0 Å². The van der Waals surface area contributed by atoms with Crippen LogP contribution >= 0.6 is 0 Å². The number of hydrogen-bond donors (Lipinski definition) is 1. The topological polar surface area (TPSA) is 47.0 Å². The van der Waals surface area contributed by atoms with Gasteiger partial charge in [0.15, 0.2) is 0 Å². The van der Waals surface area contributed by atoms with Crippen LogP contribution in [0.15, 0.2) is 12.3 Å². The van der Waals surface area contributed by atoms with E-state index in [1.165, 1.54) is 0 Å². The van der Waals surface area contributed by atoms with E-state index in [9.17, 15) is 0 Å². The summed E-state index contributed by atoms with van der Waals surface area (Å²) >= 11 is 0. The van der Waals surface area contributed by atoms with Gasteiger partial charge in [0.2, 0.25) is 0 Å². The fourth-order valence-corrected chi connectivity index (χ4v) is 1.84. The van der Waals surface area contributed by atoms with Crippen LogP contribution < -0.4 is 5.32 Å². The third-order valence-corrected chi connectivity index (χ3v) is 2.58. The lowest BCUT2D eigenvalue weighted by Gasteiger charge is -2.22. The molecule has 4 heteroatoms. The Labute approximate surface area is 96.4 Å². The standard InChI is InChI=1S/C12H19N3O/c1-9(2)7-10-3-4-14-12(15-10)11-8-16-6-5-13-11/h3-4,9,11,13H,5-8H2,1-2H3. The summed E-state index contributed by atoms with van der Waals surface area (Å²) in [6.45, 7) is 6.73. The van der Waals surface area contributed by atoms with Gasteiger partial charge in [-0.3, -0.25) is 0 Å². The van der Waals surface area contributed by atoms with Gasteiger partial charge in [0.1, 0.15) is 5.82 Å². The van der Waals surface area contributed by atoms with E-state index in [0.29, 0.717) is 12.5 Å². The van der Waals surface area contributed by atoms with Crippen LogP contribution in [-0.2, 0) is 11.2 Å². The predicted molar refractivity (Wildman–Crippen MR) is 62.1 cm³/mol. The molecular formula is C12H19N3O. The molecule has 0 bridgehead atoms. The Bertz CT molecular complexity index is 335. The average molecular weight is 221 g/mol. The summed E-state index contributed by atoms with van der Waals surface area (Å²) in [5, 5.41) is 3.37. The SMILES string of the molecule is CC(C)Cc1ccnc(C2COCCN2)n1. The predicted octanol–water partition coefficient (Wildman–Crippen LogP) is 1.34. The largest absolute Gasteiger partial charge is 0.378 e. The molecule has 4 nitrogen and oxygen atoms in total. The smallest absolute Gasteiger partial charge is 0.147 e. The van der Waals surface area contributed by atoms with Crippen LogP contribution in [0.25, 0.3) is 0 Å². The van der Waals surface area contributed by atoms with Gasteiger partial charge < -0.3 is 10.1 Å². The summed E-state index contributed by atoms with van der Waals surface area (Å²) in [4.78, 5) is 8.90. The highest BCUT2D eigenvalue weighted by atomic mass is 16.5. The molecule has 2 rings (SSSR count). The molecule has 2 heterocycles. The molecule has 0 radical (unpaired) electrons. The maximum Gasteiger partial charge on any atom is 0.147 e. The fourth-order valence-electron chi connectivity index (χ4n) is 1.84. The Balaban J connectivity index is 2.08. The molecule has 1 aliphatic rings. The first-order chi connectivity index (χ1) is 7.75.